The minimum atomic E-state index is -0.448. The summed E-state index contributed by atoms with van der Waals surface area (Å²) in [4.78, 5) is 0. The molecule has 0 atom stereocenters. The second-order valence-corrected chi connectivity index (χ2v) is 5.72. The van der Waals surface area contributed by atoms with Gasteiger partial charge in [0.2, 0.25) is 0 Å². The summed E-state index contributed by atoms with van der Waals surface area (Å²) in [6.45, 7) is 5.99. The van der Waals surface area contributed by atoms with E-state index in [-0.39, 0.29) is 5.02 Å². The summed E-state index contributed by atoms with van der Waals surface area (Å²) in [6.07, 6.45) is 0. The van der Waals surface area contributed by atoms with E-state index < -0.39 is 5.82 Å². The minimum absolute atomic E-state index is 0.0583. The lowest BCUT2D eigenvalue weighted by Crippen LogP contribution is -2.19. The van der Waals surface area contributed by atoms with Gasteiger partial charge in [0.1, 0.15) is 17.3 Å². The van der Waals surface area contributed by atoms with E-state index in [4.69, 9.17) is 16.3 Å². The van der Waals surface area contributed by atoms with Crippen molar-refractivity contribution in [2.75, 3.05) is 6.54 Å². The van der Waals surface area contributed by atoms with Gasteiger partial charge in [-0.2, -0.15) is 0 Å². The number of benzene rings is 2. The summed E-state index contributed by atoms with van der Waals surface area (Å²) in [5.74, 6) is 1.42. The Morgan fingerprint density at radius 2 is 1.95 bits per heavy atom. The Balaban J connectivity index is 2.10. The highest BCUT2D eigenvalue weighted by Crippen LogP contribution is 2.28. The van der Waals surface area contributed by atoms with E-state index in [1.807, 2.05) is 24.3 Å². The summed E-state index contributed by atoms with van der Waals surface area (Å²) in [5.41, 5.74) is 1.05. The van der Waals surface area contributed by atoms with Crippen LogP contribution < -0.4 is 10.1 Å². The lowest BCUT2D eigenvalue weighted by molar-refractivity contribution is 0.467. The third-order valence-electron chi connectivity index (χ3n) is 2.96. The van der Waals surface area contributed by atoms with Crippen LogP contribution in [0.25, 0.3) is 0 Å². The molecule has 0 aliphatic carbocycles. The SMILES string of the molecule is CC(C)CNCc1ccccc1Oc1ccc(F)c(Cl)c1. The molecule has 2 rings (SSSR count). The average molecular weight is 308 g/mol. The molecule has 0 aliphatic heterocycles. The second kappa shape index (κ2) is 7.43. The molecule has 21 heavy (non-hydrogen) atoms. The molecule has 0 saturated carbocycles. The molecule has 2 aromatic carbocycles. The second-order valence-electron chi connectivity index (χ2n) is 5.31. The third-order valence-corrected chi connectivity index (χ3v) is 3.25. The van der Waals surface area contributed by atoms with E-state index in [1.165, 1.54) is 12.1 Å². The Morgan fingerprint density at radius 1 is 1.19 bits per heavy atom. The van der Waals surface area contributed by atoms with Crippen molar-refractivity contribution in [1.29, 1.82) is 0 Å². The number of rotatable bonds is 6. The van der Waals surface area contributed by atoms with Gasteiger partial charge in [-0.3, -0.25) is 0 Å². The first-order valence-electron chi connectivity index (χ1n) is 6.98. The highest BCUT2D eigenvalue weighted by molar-refractivity contribution is 6.30. The van der Waals surface area contributed by atoms with E-state index in [1.54, 1.807) is 6.07 Å². The lowest BCUT2D eigenvalue weighted by atomic mass is 10.2. The Hall–Kier alpha value is -1.58. The fourth-order valence-corrected chi connectivity index (χ4v) is 2.08. The van der Waals surface area contributed by atoms with Crippen LogP contribution in [0.3, 0.4) is 0 Å². The average Bonchev–Trinajstić information content (AvgIpc) is 2.44. The van der Waals surface area contributed by atoms with Crippen molar-refractivity contribution in [3.8, 4) is 11.5 Å². The molecule has 112 valence electrons. The Labute approximate surface area is 129 Å². The van der Waals surface area contributed by atoms with E-state index >= 15 is 0 Å². The highest BCUT2D eigenvalue weighted by atomic mass is 35.5. The van der Waals surface area contributed by atoms with Gasteiger partial charge in [-0.05, 0) is 30.7 Å². The van der Waals surface area contributed by atoms with Crippen molar-refractivity contribution >= 4 is 11.6 Å². The number of hydrogen-bond donors (Lipinski definition) is 1. The highest BCUT2D eigenvalue weighted by Gasteiger charge is 2.07. The number of nitrogens with one attached hydrogen (secondary N) is 1. The van der Waals surface area contributed by atoms with Crippen LogP contribution in [-0.2, 0) is 6.54 Å². The summed E-state index contributed by atoms with van der Waals surface area (Å²) < 4.78 is 19.0. The van der Waals surface area contributed by atoms with Gasteiger partial charge in [-0.15, -0.1) is 0 Å². The zero-order chi connectivity index (χ0) is 15.2. The van der Waals surface area contributed by atoms with E-state index in [0.717, 1.165) is 24.4 Å². The number of para-hydroxylation sites is 1. The molecule has 0 radical (unpaired) electrons. The third kappa shape index (κ3) is 4.73. The molecule has 0 saturated heterocycles. The maximum absolute atomic E-state index is 13.2. The van der Waals surface area contributed by atoms with E-state index in [9.17, 15) is 4.39 Å². The smallest absolute Gasteiger partial charge is 0.142 e. The van der Waals surface area contributed by atoms with Crippen LogP contribution in [0.2, 0.25) is 5.02 Å². The first-order chi connectivity index (χ1) is 10.1. The number of ether oxygens (including phenoxy) is 1. The molecule has 0 amide bonds. The van der Waals surface area contributed by atoms with E-state index in [2.05, 4.69) is 19.2 Å². The molecule has 0 heterocycles. The minimum Gasteiger partial charge on any atom is -0.457 e. The maximum Gasteiger partial charge on any atom is 0.142 e. The summed E-state index contributed by atoms with van der Waals surface area (Å²) >= 11 is 5.77. The molecule has 0 aliphatic rings. The Bertz CT molecular complexity index is 601. The van der Waals surface area contributed by atoms with Gasteiger partial charge in [-0.1, -0.05) is 43.6 Å². The summed E-state index contributed by atoms with van der Waals surface area (Å²) in [7, 11) is 0. The largest absolute Gasteiger partial charge is 0.457 e. The Kier molecular flexibility index (Phi) is 5.59. The standard InChI is InChI=1S/C17H19ClFNO/c1-12(2)10-20-11-13-5-3-4-6-17(13)21-14-7-8-16(19)15(18)9-14/h3-9,12,20H,10-11H2,1-2H3. The summed E-state index contributed by atoms with van der Waals surface area (Å²) in [5, 5.41) is 3.44. The first-order valence-corrected chi connectivity index (χ1v) is 7.35. The zero-order valence-electron chi connectivity index (χ0n) is 12.2. The van der Waals surface area contributed by atoms with Crippen molar-refractivity contribution in [2.24, 2.45) is 5.92 Å². The van der Waals surface area contributed by atoms with Crippen LogP contribution in [0, 0.1) is 11.7 Å². The molecule has 0 aromatic heterocycles. The number of halogens is 2. The quantitative estimate of drug-likeness (QED) is 0.809. The van der Waals surface area contributed by atoms with Crippen LogP contribution in [0.5, 0.6) is 11.5 Å². The van der Waals surface area contributed by atoms with Crippen LogP contribution in [-0.4, -0.2) is 6.54 Å². The van der Waals surface area contributed by atoms with Crippen molar-refractivity contribution in [2.45, 2.75) is 20.4 Å². The lowest BCUT2D eigenvalue weighted by Gasteiger charge is -2.13. The molecule has 0 fully saturated rings. The van der Waals surface area contributed by atoms with Gasteiger partial charge in [0.05, 0.1) is 5.02 Å². The maximum atomic E-state index is 13.2. The normalized spacial score (nSPS) is 10.9. The van der Waals surface area contributed by atoms with Crippen molar-refractivity contribution < 1.29 is 9.13 Å². The van der Waals surface area contributed by atoms with Crippen molar-refractivity contribution in [3.05, 3.63) is 58.9 Å². The molecular weight excluding hydrogens is 289 g/mol. The predicted octanol–water partition coefficient (Wildman–Crippen LogP) is 5.02. The van der Waals surface area contributed by atoms with Gasteiger partial charge in [0, 0.05) is 18.2 Å². The molecule has 0 unspecified atom stereocenters. The molecule has 1 N–H and O–H groups in total. The molecule has 2 nitrogen and oxygen atoms in total. The fraction of sp³-hybridized carbons (Fsp3) is 0.294. The van der Waals surface area contributed by atoms with Crippen LogP contribution in [0.15, 0.2) is 42.5 Å². The van der Waals surface area contributed by atoms with Crippen LogP contribution in [0.1, 0.15) is 19.4 Å². The predicted molar refractivity (Wildman–Crippen MR) is 84.5 cm³/mol. The molecule has 2 aromatic rings. The number of hydrogen-bond acceptors (Lipinski definition) is 2. The monoisotopic (exact) mass is 307 g/mol. The van der Waals surface area contributed by atoms with Gasteiger partial charge in [0.25, 0.3) is 0 Å². The molecular formula is C17H19ClFNO. The van der Waals surface area contributed by atoms with E-state index in [0.29, 0.717) is 11.7 Å². The topological polar surface area (TPSA) is 21.3 Å². The van der Waals surface area contributed by atoms with Gasteiger partial charge in [-0.25, -0.2) is 4.39 Å². The first kappa shape index (κ1) is 15.8. The zero-order valence-corrected chi connectivity index (χ0v) is 13.0. The fourth-order valence-electron chi connectivity index (χ4n) is 1.91. The Morgan fingerprint density at radius 3 is 2.67 bits per heavy atom. The molecule has 0 bridgehead atoms. The summed E-state index contributed by atoms with van der Waals surface area (Å²) in [6, 6.07) is 12.1. The molecule has 4 heteroatoms. The van der Waals surface area contributed by atoms with Crippen molar-refractivity contribution in [3.63, 3.8) is 0 Å². The molecule has 0 spiro atoms. The van der Waals surface area contributed by atoms with Crippen molar-refractivity contribution in [1.82, 2.24) is 5.32 Å². The van der Waals surface area contributed by atoms with Gasteiger partial charge in [0.15, 0.2) is 0 Å². The van der Waals surface area contributed by atoms with Gasteiger partial charge >= 0.3 is 0 Å². The van der Waals surface area contributed by atoms with Gasteiger partial charge < -0.3 is 10.1 Å². The van der Waals surface area contributed by atoms with Crippen LogP contribution in [0.4, 0.5) is 4.39 Å². The van der Waals surface area contributed by atoms with Crippen LogP contribution >= 0.6 is 11.6 Å².